The molecule has 0 aliphatic heterocycles. The summed E-state index contributed by atoms with van der Waals surface area (Å²) in [5.74, 6) is -0.207. The quantitative estimate of drug-likeness (QED) is 0.695. The molecule has 1 aromatic heterocycles. The fourth-order valence-electron chi connectivity index (χ4n) is 1.08. The first-order chi connectivity index (χ1) is 6.27. The van der Waals surface area contributed by atoms with E-state index in [1.807, 2.05) is 18.4 Å². The van der Waals surface area contributed by atoms with Crippen LogP contribution >= 0.6 is 11.3 Å². The molecule has 2 nitrogen and oxygen atoms in total. The van der Waals surface area contributed by atoms with Crippen LogP contribution < -0.4 is 0 Å². The van der Waals surface area contributed by atoms with Crippen LogP contribution in [0, 0.1) is 0 Å². The smallest absolute Gasteiger partial charge is 0.338 e. The van der Waals surface area contributed by atoms with Crippen molar-refractivity contribution in [2.45, 2.75) is 26.7 Å². The van der Waals surface area contributed by atoms with E-state index in [2.05, 4.69) is 6.92 Å². The molecule has 0 bridgehead atoms. The molecule has 0 fully saturated rings. The molecule has 13 heavy (non-hydrogen) atoms. The van der Waals surface area contributed by atoms with Crippen molar-refractivity contribution < 1.29 is 9.53 Å². The number of carbonyl (C=O) groups is 1. The van der Waals surface area contributed by atoms with Gasteiger partial charge in [0.15, 0.2) is 0 Å². The largest absolute Gasteiger partial charge is 0.462 e. The molecule has 0 aliphatic carbocycles. The normalized spacial score (nSPS) is 10.0. The molecule has 0 saturated heterocycles. The van der Waals surface area contributed by atoms with E-state index < -0.39 is 0 Å². The van der Waals surface area contributed by atoms with E-state index in [4.69, 9.17) is 4.74 Å². The molecule has 1 rings (SSSR count). The lowest BCUT2D eigenvalue weighted by molar-refractivity contribution is 0.0527. The minimum Gasteiger partial charge on any atom is -0.462 e. The third kappa shape index (κ3) is 2.84. The van der Waals surface area contributed by atoms with Crippen LogP contribution in [0.3, 0.4) is 0 Å². The number of hydrogen-bond donors (Lipinski definition) is 0. The second-order valence-corrected chi connectivity index (χ2v) is 3.77. The fourth-order valence-corrected chi connectivity index (χ4v) is 2.04. The highest BCUT2D eigenvalue weighted by molar-refractivity contribution is 7.10. The molecule has 72 valence electrons. The van der Waals surface area contributed by atoms with Crippen molar-refractivity contribution in [2.75, 3.05) is 6.61 Å². The summed E-state index contributed by atoms with van der Waals surface area (Å²) in [6.45, 7) is 4.39. The van der Waals surface area contributed by atoms with E-state index >= 15 is 0 Å². The van der Waals surface area contributed by atoms with Gasteiger partial charge in [-0.15, -0.1) is 11.3 Å². The van der Waals surface area contributed by atoms with Crippen molar-refractivity contribution >= 4 is 17.3 Å². The van der Waals surface area contributed by atoms with Crippen LogP contribution in [-0.2, 0) is 11.2 Å². The lowest BCUT2D eigenvalue weighted by Crippen LogP contribution is -2.02. The number of carbonyl (C=O) groups excluding carboxylic acids is 1. The second kappa shape index (κ2) is 5.02. The third-order valence-electron chi connectivity index (χ3n) is 1.66. The number of ether oxygens (including phenoxy) is 1. The maximum absolute atomic E-state index is 11.2. The van der Waals surface area contributed by atoms with Crippen LogP contribution in [0.1, 0.15) is 35.5 Å². The Morgan fingerprint density at radius 2 is 2.31 bits per heavy atom. The topological polar surface area (TPSA) is 26.3 Å². The van der Waals surface area contributed by atoms with E-state index in [-0.39, 0.29) is 5.97 Å². The van der Waals surface area contributed by atoms with Gasteiger partial charge >= 0.3 is 5.97 Å². The van der Waals surface area contributed by atoms with Crippen LogP contribution in [0.5, 0.6) is 0 Å². The Balaban J connectivity index is 2.62. The monoisotopic (exact) mass is 198 g/mol. The molecule has 0 aromatic carbocycles. The zero-order valence-corrected chi connectivity index (χ0v) is 8.82. The van der Waals surface area contributed by atoms with Crippen molar-refractivity contribution in [2.24, 2.45) is 0 Å². The molecule has 0 unspecified atom stereocenters. The van der Waals surface area contributed by atoms with Crippen molar-refractivity contribution in [3.63, 3.8) is 0 Å². The van der Waals surface area contributed by atoms with Crippen LogP contribution in [-0.4, -0.2) is 12.6 Å². The summed E-state index contributed by atoms with van der Waals surface area (Å²) in [6.07, 6.45) is 2.16. The highest BCUT2D eigenvalue weighted by Gasteiger charge is 2.08. The van der Waals surface area contributed by atoms with E-state index in [1.165, 1.54) is 4.88 Å². The second-order valence-electron chi connectivity index (χ2n) is 2.77. The molecule has 3 heteroatoms. The Hall–Kier alpha value is -0.830. The van der Waals surface area contributed by atoms with E-state index in [1.54, 1.807) is 11.3 Å². The predicted octanol–water partition coefficient (Wildman–Crippen LogP) is 2.88. The first kappa shape index (κ1) is 10.3. The average molecular weight is 198 g/mol. The van der Waals surface area contributed by atoms with Crippen molar-refractivity contribution in [1.29, 1.82) is 0 Å². The Kier molecular flexibility index (Phi) is 3.96. The number of esters is 1. The molecule has 0 aliphatic rings. The predicted molar refractivity (Wildman–Crippen MR) is 54.3 cm³/mol. The molecule has 0 spiro atoms. The van der Waals surface area contributed by atoms with Gasteiger partial charge in [0.2, 0.25) is 0 Å². The standard InChI is InChI=1S/C10H14O2S/c1-3-5-9-6-8(7-13-9)10(11)12-4-2/h6-7H,3-5H2,1-2H3. The molecule has 1 heterocycles. The van der Waals surface area contributed by atoms with Gasteiger partial charge in [0.25, 0.3) is 0 Å². The summed E-state index contributed by atoms with van der Waals surface area (Å²) in [4.78, 5) is 12.5. The number of aryl methyl sites for hydroxylation is 1. The summed E-state index contributed by atoms with van der Waals surface area (Å²) < 4.78 is 4.89. The SMILES string of the molecule is CCCc1cc(C(=O)OCC)cs1. The van der Waals surface area contributed by atoms with Crippen molar-refractivity contribution in [1.82, 2.24) is 0 Å². The highest BCUT2D eigenvalue weighted by Crippen LogP contribution is 2.17. The van der Waals surface area contributed by atoms with Crippen LogP contribution in [0.25, 0.3) is 0 Å². The van der Waals surface area contributed by atoms with Gasteiger partial charge in [0, 0.05) is 10.3 Å². The molecule has 0 amide bonds. The van der Waals surface area contributed by atoms with E-state index in [0.717, 1.165) is 12.8 Å². The summed E-state index contributed by atoms with van der Waals surface area (Å²) in [6, 6.07) is 1.92. The Morgan fingerprint density at radius 3 is 2.92 bits per heavy atom. The van der Waals surface area contributed by atoms with Crippen LogP contribution in [0.4, 0.5) is 0 Å². The summed E-state index contributed by atoms with van der Waals surface area (Å²) >= 11 is 1.63. The molecule has 0 N–H and O–H groups in total. The molecular formula is C10H14O2S. The fraction of sp³-hybridized carbons (Fsp3) is 0.500. The Bertz CT molecular complexity index is 278. The van der Waals surface area contributed by atoms with Gasteiger partial charge in [-0.1, -0.05) is 13.3 Å². The Morgan fingerprint density at radius 1 is 1.54 bits per heavy atom. The van der Waals surface area contributed by atoms with Gasteiger partial charge in [0.1, 0.15) is 0 Å². The lowest BCUT2D eigenvalue weighted by atomic mass is 10.2. The zero-order valence-electron chi connectivity index (χ0n) is 8.00. The average Bonchev–Trinajstić information content (AvgIpc) is 2.54. The van der Waals surface area contributed by atoms with Gasteiger partial charge < -0.3 is 4.74 Å². The van der Waals surface area contributed by atoms with Crippen molar-refractivity contribution in [3.05, 3.63) is 21.9 Å². The number of thiophene rings is 1. The molecule has 0 atom stereocenters. The summed E-state index contributed by atoms with van der Waals surface area (Å²) in [5.41, 5.74) is 0.690. The molecule has 0 radical (unpaired) electrons. The minimum absolute atomic E-state index is 0.207. The number of hydrogen-bond acceptors (Lipinski definition) is 3. The summed E-state index contributed by atoms with van der Waals surface area (Å²) in [7, 11) is 0. The third-order valence-corrected chi connectivity index (χ3v) is 2.66. The van der Waals surface area contributed by atoms with Gasteiger partial charge in [-0.3, -0.25) is 0 Å². The van der Waals surface area contributed by atoms with Gasteiger partial charge in [-0.05, 0) is 19.4 Å². The summed E-state index contributed by atoms with van der Waals surface area (Å²) in [5, 5.41) is 1.86. The highest BCUT2D eigenvalue weighted by atomic mass is 32.1. The van der Waals surface area contributed by atoms with E-state index in [9.17, 15) is 4.79 Å². The Labute approximate surface area is 82.5 Å². The number of rotatable bonds is 4. The maximum Gasteiger partial charge on any atom is 0.338 e. The van der Waals surface area contributed by atoms with Gasteiger partial charge in [-0.2, -0.15) is 0 Å². The van der Waals surface area contributed by atoms with Gasteiger partial charge in [-0.25, -0.2) is 4.79 Å². The van der Waals surface area contributed by atoms with Gasteiger partial charge in [0.05, 0.1) is 12.2 Å². The molecular weight excluding hydrogens is 184 g/mol. The first-order valence-corrected chi connectivity index (χ1v) is 5.40. The lowest BCUT2D eigenvalue weighted by Gasteiger charge is -1.96. The first-order valence-electron chi connectivity index (χ1n) is 4.52. The van der Waals surface area contributed by atoms with Crippen molar-refractivity contribution in [3.8, 4) is 0 Å². The zero-order chi connectivity index (χ0) is 9.68. The molecule has 1 aromatic rings. The molecule has 0 saturated carbocycles. The minimum atomic E-state index is -0.207. The van der Waals surface area contributed by atoms with E-state index in [0.29, 0.717) is 12.2 Å². The van der Waals surface area contributed by atoms with Crippen LogP contribution in [0.15, 0.2) is 11.4 Å². The van der Waals surface area contributed by atoms with Crippen LogP contribution in [0.2, 0.25) is 0 Å². The maximum atomic E-state index is 11.2.